The van der Waals surface area contributed by atoms with Crippen LogP contribution in [-0.4, -0.2) is 29.4 Å². The van der Waals surface area contributed by atoms with Crippen molar-refractivity contribution >= 4 is 23.5 Å². The van der Waals surface area contributed by atoms with Crippen molar-refractivity contribution in [2.75, 3.05) is 6.61 Å². The second-order valence-electron chi connectivity index (χ2n) is 3.40. The van der Waals surface area contributed by atoms with Gasteiger partial charge in [-0.25, -0.2) is 4.79 Å². The topological polar surface area (TPSA) is 79.8 Å². The quantitative estimate of drug-likeness (QED) is 0.273. The fourth-order valence-electron chi connectivity index (χ4n) is 1.07. The maximum Gasteiger partial charge on any atom is 0.413 e. The molecule has 5 nitrogen and oxygen atoms in total. The van der Waals surface area contributed by atoms with Gasteiger partial charge in [0.2, 0.25) is 0 Å². The second-order valence-corrected chi connectivity index (χ2v) is 3.40. The number of nitrogens with zero attached hydrogens (tertiary/aromatic N) is 2. The van der Waals surface area contributed by atoms with E-state index in [1.165, 1.54) is 6.92 Å². The lowest BCUT2D eigenvalue weighted by Gasteiger charge is -1.98. The van der Waals surface area contributed by atoms with E-state index in [2.05, 4.69) is 16.1 Å². The number of ether oxygens (including phenoxy) is 1. The molecule has 0 aliphatic rings. The molecule has 0 fully saturated rings. The number of carbonyl (C=O) groups excluding carboxylic acids is 2. The Bertz CT molecular complexity index is 489. The van der Waals surface area contributed by atoms with Crippen LogP contribution in [0.3, 0.4) is 0 Å². The molecule has 0 aliphatic carbocycles. The third-order valence-corrected chi connectivity index (χ3v) is 2.00. The lowest BCUT2D eigenvalue weighted by molar-refractivity contribution is -0.138. The van der Waals surface area contributed by atoms with Crippen LogP contribution >= 0.6 is 0 Å². The lowest BCUT2D eigenvalue weighted by Crippen LogP contribution is -2.04. The standard InChI is InChI=1S/C10H10O.C4H6N2O2/c1-8(9(2)11)10-6-4-3-5-7-10;1-2-8-4(7)3-6-5/h3-7H,1H2,2H3;3H,2H2,1H3. The van der Waals surface area contributed by atoms with Crippen LogP contribution in [0.2, 0.25) is 0 Å². The van der Waals surface area contributed by atoms with Crippen LogP contribution in [0.5, 0.6) is 0 Å². The molecule has 0 saturated carbocycles. The highest BCUT2D eigenvalue weighted by Crippen LogP contribution is 2.11. The number of allylic oxidation sites excluding steroid dienone is 1. The highest BCUT2D eigenvalue weighted by atomic mass is 16.5. The molecule has 1 aromatic rings. The molecule has 5 heteroatoms. The predicted octanol–water partition coefficient (Wildman–Crippen LogP) is 2.14. The Hall–Kier alpha value is -2.52. The van der Waals surface area contributed by atoms with Gasteiger partial charge >= 0.3 is 12.2 Å². The summed E-state index contributed by atoms with van der Waals surface area (Å²) in [7, 11) is 0. The SMILES string of the molecule is C=C(C(C)=O)c1ccccc1.CCOC(=O)C=[N+]=[N-]. The number of carbonyl (C=O) groups is 2. The summed E-state index contributed by atoms with van der Waals surface area (Å²) in [4.78, 5) is 23.4. The molecule has 0 aromatic heterocycles. The van der Waals surface area contributed by atoms with E-state index in [0.717, 1.165) is 5.56 Å². The van der Waals surface area contributed by atoms with Crippen molar-refractivity contribution in [3.8, 4) is 0 Å². The Morgan fingerprint density at radius 2 is 1.95 bits per heavy atom. The summed E-state index contributed by atoms with van der Waals surface area (Å²) in [5.41, 5.74) is 9.21. The van der Waals surface area contributed by atoms with Crippen molar-refractivity contribution in [2.24, 2.45) is 0 Å². The average molecular weight is 260 g/mol. The summed E-state index contributed by atoms with van der Waals surface area (Å²) < 4.78 is 4.33. The van der Waals surface area contributed by atoms with E-state index in [1.807, 2.05) is 30.3 Å². The second kappa shape index (κ2) is 9.50. The Kier molecular flexibility index (Phi) is 8.24. The highest BCUT2D eigenvalue weighted by molar-refractivity contribution is 6.20. The van der Waals surface area contributed by atoms with E-state index in [1.54, 1.807) is 6.92 Å². The van der Waals surface area contributed by atoms with Crippen molar-refractivity contribution in [1.29, 1.82) is 0 Å². The van der Waals surface area contributed by atoms with Crippen LogP contribution in [0.1, 0.15) is 19.4 Å². The summed E-state index contributed by atoms with van der Waals surface area (Å²) in [6.45, 7) is 7.16. The molecule has 0 atom stereocenters. The third kappa shape index (κ3) is 7.41. The fourth-order valence-corrected chi connectivity index (χ4v) is 1.07. The van der Waals surface area contributed by atoms with Gasteiger partial charge in [-0.1, -0.05) is 36.9 Å². The average Bonchev–Trinajstić information content (AvgIpc) is 2.40. The number of benzene rings is 1. The predicted molar refractivity (Wildman–Crippen MR) is 72.5 cm³/mol. The maximum absolute atomic E-state index is 10.8. The van der Waals surface area contributed by atoms with Gasteiger partial charge in [0.15, 0.2) is 5.78 Å². The van der Waals surface area contributed by atoms with Gasteiger partial charge in [0, 0.05) is 5.57 Å². The fraction of sp³-hybridized carbons (Fsp3) is 0.214. The first kappa shape index (κ1) is 16.5. The van der Waals surface area contributed by atoms with Gasteiger partial charge in [-0.05, 0) is 19.4 Å². The zero-order chi connectivity index (χ0) is 14.7. The van der Waals surface area contributed by atoms with Gasteiger partial charge < -0.3 is 10.3 Å². The minimum absolute atomic E-state index is 0.0243. The Morgan fingerprint density at radius 3 is 2.37 bits per heavy atom. The monoisotopic (exact) mass is 260 g/mol. The molecule has 1 aromatic carbocycles. The molecule has 100 valence electrons. The Balaban J connectivity index is 0.000000362. The molecule has 0 heterocycles. The molecule has 0 radical (unpaired) electrons. The highest BCUT2D eigenvalue weighted by Gasteiger charge is 2.01. The first-order chi connectivity index (χ1) is 9.02. The molecule has 19 heavy (non-hydrogen) atoms. The van der Waals surface area contributed by atoms with E-state index >= 15 is 0 Å². The van der Waals surface area contributed by atoms with E-state index < -0.39 is 5.97 Å². The normalized spacial score (nSPS) is 8.32. The lowest BCUT2D eigenvalue weighted by atomic mass is 10.1. The molecule has 1 rings (SSSR count). The van der Waals surface area contributed by atoms with Gasteiger partial charge in [-0.15, -0.1) is 0 Å². The molecule has 0 N–H and O–H groups in total. The minimum atomic E-state index is -0.630. The number of esters is 1. The van der Waals surface area contributed by atoms with E-state index in [-0.39, 0.29) is 5.78 Å². The van der Waals surface area contributed by atoms with Crippen LogP contribution in [0.15, 0.2) is 36.9 Å². The van der Waals surface area contributed by atoms with E-state index in [4.69, 9.17) is 5.53 Å². The maximum atomic E-state index is 10.8. The van der Waals surface area contributed by atoms with Crippen molar-refractivity contribution in [3.63, 3.8) is 0 Å². The Labute approximate surface area is 112 Å². The van der Waals surface area contributed by atoms with Crippen molar-refractivity contribution in [2.45, 2.75) is 13.8 Å². The van der Waals surface area contributed by atoms with Gasteiger partial charge in [-0.2, -0.15) is 4.79 Å². The summed E-state index contributed by atoms with van der Waals surface area (Å²) in [5, 5.41) is 0. The van der Waals surface area contributed by atoms with Crippen molar-refractivity contribution in [1.82, 2.24) is 0 Å². The number of rotatable bonds is 4. The zero-order valence-corrected chi connectivity index (χ0v) is 11.0. The summed E-state index contributed by atoms with van der Waals surface area (Å²) in [5.74, 6) is -0.605. The molecule has 0 bridgehead atoms. The number of ketones is 1. The largest absolute Gasteiger partial charge is 0.458 e. The van der Waals surface area contributed by atoms with E-state index in [9.17, 15) is 9.59 Å². The zero-order valence-electron chi connectivity index (χ0n) is 11.0. The van der Waals surface area contributed by atoms with Gasteiger partial charge in [-0.3, -0.25) is 4.79 Å². The van der Waals surface area contributed by atoms with Crippen molar-refractivity contribution < 1.29 is 19.1 Å². The summed E-state index contributed by atoms with van der Waals surface area (Å²) in [6, 6.07) is 9.46. The van der Waals surface area contributed by atoms with Crippen LogP contribution in [0.4, 0.5) is 0 Å². The van der Waals surface area contributed by atoms with Crippen LogP contribution < -0.4 is 0 Å². The summed E-state index contributed by atoms with van der Waals surface area (Å²) in [6.07, 6.45) is 0.698. The van der Waals surface area contributed by atoms with Crippen LogP contribution in [0.25, 0.3) is 11.1 Å². The molecule has 0 amide bonds. The number of Topliss-reactive ketones (excluding diaryl/α,β-unsaturated/α-hetero) is 1. The minimum Gasteiger partial charge on any atom is -0.458 e. The van der Waals surface area contributed by atoms with Gasteiger partial charge in [0.25, 0.3) is 0 Å². The molecular formula is C14H16N2O3. The molecule has 0 unspecified atom stereocenters. The molecular weight excluding hydrogens is 244 g/mol. The Morgan fingerprint density at radius 1 is 1.37 bits per heavy atom. The smallest absolute Gasteiger partial charge is 0.413 e. The first-order valence-corrected chi connectivity index (χ1v) is 5.62. The third-order valence-electron chi connectivity index (χ3n) is 2.00. The van der Waals surface area contributed by atoms with Crippen LogP contribution in [-0.2, 0) is 14.3 Å². The van der Waals surface area contributed by atoms with Crippen LogP contribution in [0, 0.1) is 0 Å². The first-order valence-electron chi connectivity index (χ1n) is 5.62. The summed E-state index contributed by atoms with van der Waals surface area (Å²) >= 11 is 0. The molecule has 0 saturated heterocycles. The molecule has 0 aliphatic heterocycles. The van der Waals surface area contributed by atoms with E-state index in [0.29, 0.717) is 18.4 Å². The number of hydrogen-bond acceptors (Lipinski definition) is 3. The van der Waals surface area contributed by atoms with Crippen molar-refractivity contribution in [3.05, 3.63) is 48.0 Å². The molecule has 0 spiro atoms. The van der Waals surface area contributed by atoms with Gasteiger partial charge in [0.05, 0.1) is 6.61 Å². The number of hydrogen-bond donors (Lipinski definition) is 0. The van der Waals surface area contributed by atoms with Gasteiger partial charge in [0.1, 0.15) is 0 Å².